The second-order valence-corrected chi connectivity index (χ2v) is 3.27. The van der Waals surface area contributed by atoms with Crippen molar-refractivity contribution in [2.75, 3.05) is 6.54 Å². The van der Waals surface area contributed by atoms with Gasteiger partial charge in [0.2, 0.25) is 0 Å². The quantitative estimate of drug-likeness (QED) is 0.612. The van der Waals surface area contributed by atoms with Crippen LogP contribution in [-0.4, -0.2) is 16.5 Å². The number of fused-ring (bicyclic) bond motifs is 1. The minimum Gasteiger partial charge on any atom is -0.311 e. The Morgan fingerprint density at radius 2 is 2.25 bits per heavy atom. The van der Waals surface area contributed by atoms with Crippen LogP contribution >= 0.6 is 11.6 Å². The Balaban J connectivity index is 2.53. The van der Waals surface area contributed by atoms with Crippen LogP contribution in [0.15, 0.2) is 0 Å². The van der Waals surface area contributed by atoms with E-state index in [9.17, 15) is 0 Å². The first-order valence-electron chi connectivity index (χ1n) is 4.00. The van der Waals surface area contributed by atoms with E-state index in [0.29, 0.717) is 5.15 Å². The van der Waals surface area contributed by atoms with E-state index in [1.54, 1.807) is 0 Å². The molecule has 2 rings (SSSR count). The van der Waals surface area contributed by atoms with Crippen LogP contribution < -0.4 is 5.32 Å². The molecule has 0 radical (unpaired) electrons. The van der Waals surface area contributed by atoms with Gasteiger partial charge < -0.3 is 5.32 Å². The van der Waals surface area contributed by atoms with E-state index >= 15 is 0 Å². The van der Waals surface area contributed by atoms with Crippen molar-refractivity contribution in [3.05, 3.63) is 22.2 Å². The van der Waals surface area contributed by atoms with Gasteiger partial charge in [-0.1, -0.05) is 11.6 Å². The summed E-state index contributed by atoms with van der Waals surface area (Å²) in [5.41, 5.74) is 2.17. The molecule has 0 aliphatic carbocycles. The number of hydrogen-bond acceptors (Lipinski definition) is 3. The summed E-state index contributed by atoms with van der Waals surface area (Å²) in [6, 6.07) is 0. The highest BCUT2D eigenvalue weighted by Crippen LogP contribution is 2.19. The number of hydrogen-bond donors (Lipinski definition) is 1. The van der Waals surface area contributed by atoms with Gasteiger partial charge in [0.25, 0.3) is 0 Å². The second kappa shape index (κ2) is 2.99. The molecule has 0 spiro atoms. The molecule has 2 heterocycles. The van der Waals surface area contributed by atoms with Gasteiger partial charge in [-0.15, -0.1) is 0 Å². The highest BCUT2D eigenvalue weighted by atomic mass is 35.5. The smallest absolute Gasteiger partial charge is 0.136 e. The molecule has 0 saturated carbocycles. The van der Waals surface area contributed by atoms with Crippen molar-refractivity contribution in [2.45, 2.75) is 19.9 Å². The summed E-state index contributed by atoms with van der Waals surface area (Å²) in [6.07, 6.45) is 0.939. The molecule has 0 amide bonds. The van der Waals surface area contributed by atoms with Crippen LogP contribution in [0.4, 0.5) is 0 Å². The third kappa shape index (κ3) is 1.30. The SMILES string of the molecule is Cc1nc(Cl)c2c(n1)CNCC2. The van der Waals surface area contributed by atoms with Crippen LogP contribution in [-0.2, 0) is 13.0 Å². The summed E-state index contributed by atoms with van der Waals surface area (Å²) < 4.78 is 0. The van der Waals surface area contributed by atoms with Gasteiger partial charge in [-0.25, -0.2) is 9.97 Å². The summed E-state index contributed by atoms with van der Waals surface area (Å²) in [7, 11) is 0. The lowest BCUT2D eigenvalue weighted by Crippen LogP contribution is -2.25. The highest BCUT2D eigenvalue weighted by molar-refractivity contribution is 6.30. The van der Waals surface area contributed by atoms with Crippen molar-refractivity contribution in [1.82, 2.24) is 15.3 Å². The Labute approximate surface area is 76.2 Å². The average molecular weight is 184 g/mol. The highest BCUT2D eigenvalue weighted by Gasteiger charge is 2.14. The molecule has 0 saturated heterocycles. The van der Waals surface area contributed by atoms with Crippen molar-refractivity contribution in [2.24, 2.45) is 0 Å². The molecule has 1 aromatic heterocycles. The molecule has 1 N–H and O–H groups in total. The van der Waals surface area contributed by atoms with Crippen molar-refractivity contribution in [3.8, 4) is 0 Å². The maximum atomic E-state index is 5.97. The van der Waals surface area contributed by atoms with E-state index in [2.05, 4.69) is 15.3 Å². The van der Waals surface area contributed by atoms with E-state index in [4.69, 9.17) is 11.6 Å². The topological polar surface area (TPSA) is 37.8 Å². The van der Waals surface area contributed by atoms with E-state index in [1.807, 2.05) is 6.92 Å². The van der Waals surface area contributed by atoms with Crippen LogP contribution in [0.2, 0.25) is 5.15 Å². The van der Waals surface area contributed by atoms with Gasteiger partial charge in [0.1, 0.15) is 11.0 Å². The summed E-state index contributed by atoms with van der Waals surface area (Å²) in [5.74, 6) is 0.752. The van der Waals surface area contributed by atoms with Gasteiger partial charge in [-0.3, -0.25) is 0 Å². The Kier molecular flexibility index (Phi) is 1.98. The molecule has 0 bridgehead atoms. The van der Waals surface area contributed by atoms with Crippen molar-refractivity contribution < 1.29 is 0 Å². The van der Waals surface area contributed by atoms with Gasteiger partial charge >= 0.3 is 0 Å². The van der Waals surface area contributed by atoms with Crippen molar-refractivity contribution in [1.29, 1.82) is 0 Å². The first-order chi connectivity index (χ1) is 5.77. The number of aryl methyl sites for hydroxylation is 1. The van der Waals surface area contributed by atoms with Crippen molar-refractivity contribution in [3.63, 3.8) is 0 Å². The largest absolute Gasteiger partial charge is 0.311 e. The Bertz CT molecular complexity index is 311. The van der Waals surface area contributed by atoms with E-state index in [-0.39, 0.29) is 0 Å². The van der Waals surface area contributed by atoms with E-state index in [1.165, 1.54) is 0 Å². The Morgan fingerprint density at radius 3 is 3.08 bits per heavy atom. The van der Waals surface area contributed by atoms with Crippen LogP contribution in [0, 0.1) is 6.92 Å². The second-order valence-electron chi connectivity index (χ2n) is 2.91. The zero-order valence-electron chi connectivity index (χ0n) is 6.89. The first kappa shape index (κ1) is 7.95. The summed E-state index contributed by atoms with van der Waals surface area (Å²) >= 11 is 5.97. The van der Waals surface area contributed by atoms with Gasteiger partial charge in [-0.05, 0) is 19.9 Å². The predicted octanol–water partition coefficient (Wildman–Crippen LogP) is 1.08. The molecule has 1 aromatic rings. The molecule has 4 heteroatoms. The molecule has 0 atom stereocenters. The Hall–Kier alpha value is -0.670. The first-order valence-corrected chi connectivity index (χ1v) is 4.38. The lowest BCUT2D eigenvalue weighted by Gasteiger charge is -2.16. The fourth-order valence-corrected chi connectivity index (χ4v) is 1.76. The standard InChI is InChI=1S/C8H10ClN3/c1-5-11-7-4-10-3-2-6(7)8(9)12-5/h10H,2-4H2,1H3. The zero-order chi connectivity index (χ0) is 8.55. The zero-order valence-corrected chi connectivity index (χ0v) is 7.65. The molecule has 0 fully saturated rings. The van der Waals surface area contributed by atoms with Gasteiger partial charge in [0.15, 0.2) is 0 Å². The molecular weight excluding hydrogens is 174 g/mol. The fraction of sp³-hybridized carbons (Fsp3) is 0.500. The molecule has 0 unspecified atom stereocenters. The third-order valence-electron chi connectivity index (χ3n) is 2.00. The normalized spacial score (nSPS) is 15.8. The summed E-state index contributed by atoms with van der Waals surface area (Å²) in [6.45, 7) is 3.65. The summed E-state index contributed by atoms with van der Waals surface area (Å²) in [4.78, 5) is 8.43. The number of rotatable bonds is 0. The van der Waals surface area contributed by atoms with Crippen LogP contribution in [0.3, 0.4) is 0 Å². The minimum absolute atomic E-state index is 0.624. The molecule has 12 heavy (non-hydrogen) atoms. The lowest BCUT2D eigenvalue weighted by atomic mass is 10.1. The molecule has 0 aromatic carbocycles. The molecule has 3 nitrogen and oxygen atoms in total. The number of halogens is 1. The van der Waals surface area contributed by atoms with Gasteiger partial charge in [-0.2, -0.15) is 0 Å². The average Bonchev–Trinajstić information content (AvgIpc) is 2.04. The predicted molar refractivity (Wildman–Crippen MR) is 47.2 cm³/mol. The minimum atomic E-state index is 0.624. The maximum absolute atomic E-state index is 5.97. The van der Waals surface area contributed by atoms with Gasteiger partial charge in [0.05, 0.1) is 5.69 Å². The number of aromatic nitrogens is 2. The molecule has 1 aliphatic rings. The molecule has 64 valence electrons. The number of nitrogens with zero attached hydrogens (tertiary/aromatic N) is 2. The van der Waals surface area contributed by atoms with Gasteiger partial charge in [0, 0.05) is 12.1 Å². The number of nitrogens with one attached hydrogen (secondary N) is 1. The van der Waals surface area contributed by atoms with Crippen molar-refractivity contribution >= 4 is 11.6 Å². The lowest BCUT2D eigenvalue weighted by molar-refractivity contribution is 0.620. The van der Waals surface area contributed by atoms with Crippen LogP contribution in [0.5, 0.6) is 0 Å². The Morgan fingerprint density at radius 1 is 1.42 bits per heavy atom. The summed E-state index contributed by atoms with van der Waals surface area (Å²) in [5, 5.41) is 3.87. The van der Waals surface area contributed by atoms with Crippen LogP contribution in [0.25, 0.3) is 0 Å². The monoisotopic (exact) mass is 183 g/mol. The molecule has 1 aliphatic heterocycles. The fourth-order valence-electron chi connectivity index (χ4n) is 1.43. The maximum Gasteiger partial charge on any atom is 0.136 e. The molecular formula is C8H10ClN3. The van der Waals surface area contributed by atoms with E-state index < -0.39 is 0 Å². The third-order valence-corrected chi connectivity index (χ3v) is 2.31. The van der Waals surface area contributed by atoms with E-state index in [0.717, 1.165) is 36.6 Å². The van der Waals surface area contributed by atoms with Crippen LogP contribution in [0.1, 0.15) is 17.1 Å².